The molecule has 0 aliphatic carbocycles. The number of halogens is 2. The van der Waals surface area contributed by atoms with E-state index in [0.717, 1.165) is 16.9 Å². The SMILES string of the molecule is CNC(=O)C(C)N(Cc1ccc(OC)cc1)C(=O)CSCc1c(Cl)cccc1Cl. The van der Waals surface area contributed by atoms with E-state index in [1.54, 1.807) is 44.2 Å². The average molecular weight is 455 g/mol. The Hall–Kier alpha value is -1.89. The van der Waals surface area contributed by atoms with Gasteiger partial charge in [-0.1, -0.05) is 41.4 Å². The van der Waals surface area contributed by atoms with Crippen LogP contribution in [0.1, 0.15) is 18.1 Å². The quantitative estimate of drug-likeness (QED) is 0.609. The summed E-state index contributed by atoms with van der Waals surface area (Å²) in [6, 6.07) is 12.2. The number of likely N-dealkylation sites (N-methyl/N-ethyl adjacent to an activating group) is 1. The molecule has 0 saturated carbocycles. The number of hydrogen-bond donors (Lipinski definition) is 1. The second-order valence-corrected chi connectivity index (χ2v) is 8.15. The van der Waals surface area contributed by atoms with Gasteiger partial charge in [-0.25, -0.2) is 0 Å². The standard InChI is InChI=1S/C21H24Cl2N2O3S/c1-14(21(27)24-2)25(11-15-7-9-16(28-3)10-8-15)20(26)13-29-12-17-18(22)5-4-6-19(17)23/h4-10,14H,11-13H2,1-3H3,(H,24,27). The van der Waals surface area contributed by atoms with Gasteiger partial charge in [0.15, 0.2) is 0 Å². The number of nitrogens with one attached hydrogen (secondary N) is 1. The van der Waals surface area contributed by atoms with Gasteiger partial charge >= 0.3 is 0 Å². The van der Waals surface area contributed by atoms with Crippen molar-refractivity contribution in [3.63, 3.8) is 0 Å². The van der Waals surface area contributed by atoms with Crippen LogP contribution in [0.3, 0.4) is 0 Å². The molecule has 2 rings (SSSR count). The van der Waals surface area contributed by atoms with Gasteiger partial charge in [-0.15, -0.1) is 11.8 Å². The number of rotatable bonds is 9. The number of methoxy groups -OCH3 is 1. The molecule has 156 valence electrons. The number of ether oxygens (including phenoxy) is 1. The van der Waals surface area contributed by atoms with Crippen LogP contribution in [0, 0.1) is 0 Å². The molecule has 0 fully saturated rings. The maximum atomic E-state index is 12.9. The van der Waals surface area contributed by atoms with Gasteiger partial charge in [-0.05, 0) is 42.3 Å². The number of hydrogen-bond acceptors (Lipinski definition) is 4. The normalized spacial score (nSPS) is 11.6. The molecule has 0 radical (unpaired) electrons. The Balaban J connectivity index is 2.08. The second-order valence-electron chi connectivity index (χ2n) is 6.35. The highest BCUT2D eigenvalue weighted by Crippen LogP contribution is 2.28. The Kier molecular flexibility index (Phi) is 9.14. The van der Waals surface area contributed by atoms with Gasteiger partial charge in [0.25, 0.3) is 0 Å². The van der Waals surface area contributed by atoms with Gasteiger partial charge < -0.3 is 15.0 Å². The van der Waals surface area contributed by atoms with Crippen LogP contribution < -0.4 is 10.1 Å². The van der Waals surface area contributed by atoms with Crippen molar-refractivity contribution in [3.8, 4) is 5.75 Å². The molecule has 0 spiro atoms. The fourth-order valence-electron chi connectivity index (χ4n) is 2.71. The first kappa shape index (κ1) is 23.4. The van der Waals surface area contributed by atoms with Crippen molar-refractivity contribution in [2.24, 2.45) is 0 Å². The predicted molar refractivity (Wildman–Crippen MR) is 120 cm³/mol. The lowest BCUT2D eigenvalue weighted by atomic mass is 10.1. The summed E-state index contributed by atoms with van der Waals surface area (Å²) in [4.78, 5) is 26.7. The molecule has 2 aromatic carbocycles. The number of carbonyl (C=O) groups excluding carboxylic acids is 2. The molecule has 0 aliphatic rings. The minimum absolute atomic E-state index is 0.134. The topological polar surface area (TPSA) is 58.6 Å². The van der Waals surface area contributed by atoms with E-state index < -0.39 is 6.04 Å². The Morgan fingerprint density at radius 3 is 2.31 bits per heavy atom. The summed E-state index contributed by atoms with van der Waals surface area (Å²) in [6.45, 7) is 2.04. The molecule has 0 aromatic heterocycles. The molecule has 2 amide bonds. The molecule has 5 nitrogen and oxygen atoms in total. The van der Waals surface area contributed by atoms with Gasteiger partial charge in [0.1, 0.15) is 11.8 Å². The second kappa shape index (κ2) is 11.3. The van der Waals surface area contributed by atoms with Gasteiger partial charge in [-0.2, -0.15) is 0 Å². The molecule has 29 heavy (non-hydrogen) atoms. The van der Waals surface area contributed by atoms with E-state index in [4.69, 9.17) is 27.9 Å². The first-order valence-electron chi connectivity index (χ1n) is 9.02. The lowest BCUT2D eigenvalue weighted by Gasteiger charge is -2.28. The molecule has 0 heterocycles. The molecule has 1 atom stereocenters. The monoisotopic (exact) mass is 454 g/mol. The van der Waals surface area contributed by atoms with Crippen molar-refractivity contribution in [3.05, 3.63) is 63.6 Å². The van der Waals surface area contributed by atoms with Gasteiger partial charge in [0, 0.05) is 29.4 Å². The summed E-state index contributed by atoms with van der Waals surface area (Å²) in [7, 11) is 3.16. The lowest BCUT2D eigenvalue weighted by molar-refractivity contribution is -0.138. The average Bonchev–Trinajstić information content (AvgIpc) is 2.73. The maximum absolute atomic E-state index is 12.9. The summed E-state index contributed by atoms with van der Waals surface area (Å²) in [5.41, 5.74) is 1.71. The molecule has 8 heteroatoms. The van der Waals surface area contributed by atoms with E-state index in [9.17, 15) is 9.59 Å². The van der Waals surface area contributed by atoms with Crippen molar-refractivity contribution in [2.75, 3.05) is 19.9 Å². The Labute approximate surface area is 185 Å². The van der Waals surface area contributed by atoms with Crippen LogP contribution in [0.2, 0.25) is 10.0 Å². The summed E-state index contributed by atoms with van der Waals surface area (Å²) in [5, 5.41) is 3.76. The number of benzene rings is 2. The van der Waals surface area contributed by atoms with Gasteiger partial charge in [0.05, 0.1) is 12.9 Å². The highest BCUT2D eigenvalue weighted by Gasteiger charge is 2.25. The fraction of sp³-hybridized carbons (Fsp3) is 0.333. The number of carbonyl (C=O) groups is 2. The van der Waals surface area contributed by atoms with E-state index in [-0.39, 0.29) is 17.6 Å². The minimum atomic E-state index is -0.598. The Morgan fingerprint density at radius 1 is 1.14 bits per heavy atom. The predicted octanol–water partition coefficient (Wildman–Crippen LogP) is 4.40. The van der Waals surface area contributed by atoms with E-state index in [1.807, 2.05) is 24.3 Å². The third-order valence-corrected chi connectivity index (χ3v) is 6.11. The minimum Gasteiger partial charge on any atom is -0.497 e. The molecule has 0 aliphatic heterocycles. The smallest absolute Gasteiger partial charge is 0.242 e. The van der Waals surface area contributed by atoms with E-state index >= 15 is 0 Å². The Bertz CT molecular complexity index is 826. The van der Waals surface area contributed by atoms with E-state index in [1.165, 1.54) is 11.8 Å². The van der Waals surface area contributed by atoms with E-state index in [0.29, 0.717) is 22.3 Å². The van der Waals surface area contributed by atoms with Crippen LogP contribution >= 0.6 is 35.0 Å². The van der Waals surface area contributed by atoms with Gasteiger partial charge in [0.2, 0.25) is 11.8 Å². The van der Waals surface area contributed by atoms with Crippen molar-refractivity contribution < 1.29 is 14.3 Å². The number of amides is 2. The molecular weight excluding hydrogens is 431 g/mol. The summed E-state index contributed by atoms with van der Waals surface area (Å²) in [5.74, 6) is 1.10. The van der Waals surface area contributed by atoms with Crippen LogP contribution in [-0.2, 0) is 21.9 Å². The molecular formula is C21H24Cl2N2O3S. The van der Waals surface area contributed by atoms with Crippen molar-refractivity contribution in [2.45, 2.75) is 25.3 Å². The lowest BCUT2D eigenvalue weighted by Crippen LogP contribution is -2.47. The van der Waals surface area contributed by atoms with Crippen molar-refractivity contribution in [1.29, 1.82) is 0 Å². The zero-order valence-corrected chi connectivity index (χ0v) is 18.9. The fourth-order valence-corrected chi connectivity index (χ4v) is 4.36. The first-order chi connectivity index (χ1) is 13.9. The highest BCUT2D eigenvalue weighted by molar-refractivity contribution is 7.99. The van der Waals surface area contributed by atoms with E-state index in [2.05, 4.69) is 5.32 Å². The van der Waals surface area contributed by atoms with Gasteiger partial charge in [-0.3, -0.25) is 9.59 Å². The largest absolute Gasteiger partial charge is 0.497 e. The Morgan fingerprint density at radius 2 is 1.76 bits per heavy atom. The third kappa shape index (κ3) is 6.56. The molecule has 0 bridgehead atoms. The number of thioether (sulfide) groups is 1. The van der Waals surface area contributed by atoms with Crippen LogP contribution in [0.15, 0.2) is 42.5 Å². The molecule has 2 aromatic rings. The highest BCUT2D eigenvalue weighted by atomic mass is 35.5. The maximum Gasteiger partial charge on any atom is 0.242 e. The van der Waals surface area contributed by atoms with Crippen molar-refractivity contribution in [1.82, 2.24) is 10.2 Å². The first-order valence-corrected chi connectivity index (χ1v) is 10.9. The van der Waals surface area contributed by atoms with Crippen LogP contribution in [0.25, 0.3) is 0 Å². The zero-order valence-electron chi connectivity index (χ0n) is 16.6. The molecule has 0 saturated heterocycles. The molecule has 1 N–H and O–H groups in total. The third-order valence-electron chi connectivity index (χ3n) is 4.46. The zero-order chi connectivity index (χ0) is 21.4. The number of nitrogens with zero attached hydrogens (tertiary/aromatic N) is 1. The summed E-state index contributed by atoms with van der Waals surface area (Å²) < 4.78 is 5.17. The summed E-state index contributed by atoms with van der Waals surface area (Å²) >= 11 is 13.8. The summed E-state index contributed by atoms with van der Waals surface area (Å²) in [6.07, 6.45) is 0. The molecule has 1 unspecified atom stereocenters. The van der Waals surface area contributed by atoms with Crippen LogP contribution in [-0.4, -0.2) is 42.7 Å². The van der Waals surface area contributed by atoms with Crippen molar-refractivity contribution >= 4 is 46.8 Å². The van der Waals surface area contributed by atoms with Crippen LogP contribution in [0.5, 0.6) is 5.75 Å². The van der Waals surface area contributed by atoms with Crippen LogP contribution in [0.4, 0.5) is 0 Å².